The van der Waals surface area contributed by atoms with Crippen LogP contribution in [0.4, 0.5) is 237 Å². The number of halogens is 54. The first-order chi connectivity index (χ1) is 66.6. The second-order valence-electron chi connectivity index (χ2n) is 31.4. The summed E-state index contributed by atoms with van der Waals surface area (Å²) < 4.78 is 850. The largest absolute Gasteiger partial charge is 0.864 e. The van der Waals surface area contributed by atoms with Crippen LogP contribution in [-0.4, -0.2) is 7.32 Å². The lowest BCUT2D eigenvalue weighted by atomic mass is 9.83. The van der Waals surface area contributed by atoms with Gasteiger partial charge in [0.2, 0.25) is 0 Å². The summed E-state index contributed by atoms with van der Waals surface area (Å²) in [5.41, 5.74) is -95.7. The lowest BCUT2D eigenvalue weighted by Gasteiger charge is -2.28. The van der Waals surface area contributed by atoms with Gasteiger partial charge in [-0.2, -0.15) is 237 Å². The smallest absolute Gasteiger partial charge is 0.489 e. The van der Waals surface area contributed by atoms with Gasteiger partial charge in [0.15, 0.2) is 0 Å². The number of benzene rings is 12. The molecule has 0 bridgehead atoms. The second-order valence-corrected chi connectivity index (χ2v) is 31.4. The molecule has 0 amide bonds. The van der Waals surface area contributed by atoms with Gasteiger partial charge in [-0.15, -0.1) is 0 Å². The molecule has 3 nitrogen and oxygen atoms in total. The average molecular weight is 2200 g/mol. The van der Waals surface area contributed by atoms with E-state index >= 15 is 237 Å². The maximum atomic E-state index is 15.6. The Bertz CT molecular complexity index is 6140. The lowest BCUT2D eigenvalue weighted by Crippen LogP contribution is -2.37. The summed E-state index contributed by atoms with van der Waals surface area (Å²) in [6, 6.07) is -26.8. The monoisotopic (exact) mass is 2200 g/mol. The highest BCUT2D eigenvalue weighted by Gasteiger charge is 2.51. The molecular formula is C90H33BF54O3. The van der Waals surface area contributed by atoms with E-state index in [4.69, 9.17) is 14.0 Å². The maximum Gasteiger partial charge on any atom is 0.864 e. The van der Waals surface area contributed by atoms with E-state index in [1.165, 1.54) is 0 Å². The molecule has 0 aromatic heterocycles. The van der Waals surface area contributed by atoms with E-state index in [0.29, 0.717) is 0 Å². The van der Waals surface area contributed by atoms with Crippen LogP contribution in [0.25, 0.3) is 100 Å². The van der Waals surface area contributed by atoms with Crippen molar-refractivity contribution in [3.8, 4) is 117 Å². The van der Waals surface area contributed by atoms with Crippen molar-refractivity contribution in [3.63, 3.8) is 0 Å². The Morgan fingerprint density at radius 1 is 0.115 bits per heavy atom. The molecule has 0 atom stereocenters. The molecule has 792 valence electrons. The van der Waals surface area contributed by atoms with Crippen LogP contribution < -0.4 is 14.0 Å². The first-order valence-corrected chi connectivity index (χ1v) is 38.8. The highest BCUT2D eigenvalue weighted by Crippen LogP contribution is 2.59. The minimum atomic E-state index is -6.61. The fourth-order valence-corrected chi connectivity index (χ4v) is 14.8. The summed E-state index contributed by atoms with van der Waals surface area (Å²) in [5, 5.41) is 0. The second kappa shape index (κ2) is 37.3. The van der Waals surface area contributed by atoms with Gasteiger partial charge in [0.05, 0.1) is 100 Å². The predicted octanol–water partition coefficient (Wildman–Crippen LogP) is 37.5. The molecule has 12 rings (SSSR count). The van der Waals surface area contributed by atoms with Gasteiger partial charge in [-0.3, -0.25) is 0 Å². The molecule has 0 spiro atoms. The van der Waals surface area contributed by atoms with E-state index in [-0.39, 0.29) is 0 Å². The number of rotatable bonds is 15. The fourth-order valence-electron chi connectivity index (χ4n) is 14.8. The van der Waals surface area contributed by atoms with Gasteiger partial charge >= 0.3 is 118 Å². The van der Waals surface area contributed by atoms with Crippen LogP contribution in [0.1, 0.15) is 100 Å². The van der Waals surface area contributed by atoms with Crippen LogP contribution in [0.15, 0.2) is 200 Å². The zero-order chi connectivity index (χ0) is 112. The quantitative estimate of drug-likeness (QED) is 0.0756. The molecule has 0 aliphatic carbocycles. The van der Waals surface area contributed by atoms with Crippen molar-refractivity contribution in [2.24, 2.45) is 0 Å². The summed E-state index contributed by atoms with van der Waals surface area (Å²) in [6.45, 7) is 0. The molecule has 0 unspecified atom stereocenters. The molecule has 12 aromatic rings. The third kappa shape index (κ3) is 25.1. The number of hydrogen-bond acceptors (Lipinski definition) is 3. The van der Waals surface area contributed by atoms with Crippen molar-refractivity contribution in [2.75, 3.05) is 0 Å². The minimum absolute atomic E-state index is 0.460. The molecule has 0 radical (unpaired) electrons. The summed E-state index contributed by atoms with van der Waals surface area (Å²) >= 11 is 0. The Morgan fingerprint density at radius 3 is 0.311 bits per heavy atom. The van der Waals surface area contributed by atoms with Crippen LogP contribution in [0, 0.1) is 0 Å². The van der Waals surface area contributed by atoms with Gasteiger partial charge in [0.1, 0.15) is 17.2 Å². The zero-order valence-corrected chi connectivity index (χ0v) is 69.8. The molecule has 0 N–H and O–H groups in total. The van der Waals surface area contributed by atoms with Crippen LogP contribution in [-0.2, 0) is 111 Å². The van der Waals surface area contributed by atoms with Gasteiger partial charge in [0.25, 0.3) is 0 Å². The molecule has 12 aromatic carbocycles. The van der Waals surface area contributed by atoms with Gasteiger partial charge in [0, 0.05) is 33.4 Å². The first kappa shape index (κ1) is 113. The molecule has 58 heteroatoms. The van der Waals surface area contributed by atoms with E-state index in [0.717, 1.165) is 0 Å². The first-order valence-electron chi connectivity index (χ1n) is 38.8. The highest BCUT2D eigenvalue weighted by molar-refractivity contribution is 6.40. The molecule has 0 fully saturated rings. The Hall–Kier alpha value is -13.7. The van der Waals surface area contributed by atoms with Gasteiger partial charge in [-0.25, -0.2) is 0 Å². The van der Waals surface area contributed by atoms with Crippen molar-refractivity contribution in [1.82, 2.24) is 0 Å². The van der Waals surface area contributed by atoms with E-state index in [9.17, 15) is 0 Å². The van der Waals surface area contributed by atoms with Crippen LogP contribution in [0.2, 0.25) is 0 Å². The Labute approximate surface area is 785 Å². The van der Waals surface area contributed by atoms with Crippen molar-refractivity contribution >= 4 is 7.32 Å². The van der Waals surface area contributed by atoms with Crippen LogP contribution in [0.3, 0.4) is 0 Å². The molecule has 0 saturated heterocycles. The standard InChI is InChI=1S/C90H33BF54O3/c92-73(93,94)43-7-34(8-44(25-43)74(95,96)97)61-1-4-64(70(40-19-55(85(128,129)130)31-56(20-40)86(131,132)133)67(61)37-13-49(79(110,111)112)28-50(14-37)80(113,114)115)146-91(147-65-5-2-62(35-9-45(75(98,99)100)26-46(10-35)76(101,102)103)68(38-15-51(81(116,117)118)29-52(16-38)82(119,120)121)71(65)41-21-57(87(134,135)136)32-58(22-41)88(137,138)139)148-66-6-3-63(36-11-47(77(104,105)106)27-48(12-36)78(107,108)109)69(39-17-53(83(122,123)124)30-54(18-39)84(125,126)127)72(66)42-23-59(89(140,141)142)33-60(24-42)90(143,144)145/h1-33H. The minimum Gasteiger partial charge on any atom is -0.489 e. The van der Waals surface area contributed by atoms with Crippen LogP contribution >= 0.6 is 0 Å². The zero-order valence-electron chi connectivity index (χ0n) is 69.8. The molecule has 0 heterocycles. The Kier molecular flexibility index (Phi) is 28.5. The van der Waals surface area contributed by atoms with Crippen LogP contribution in [0.5, 0.6) is 17.2 Å². The van der Waals surface area contributed by atoms with E-state index in [1.807, 2.05) is 0 Å². The molecule has 0 aliphatic heterocycles. The summed E-state index contributed by atoms with van der Waals surface area (Å²) in [7, 11) is -4.91. The predicted molar refractivity (Wildman–Crippen MR) is 406 cm³/mol. The Morgan fingerprint density at radius 2 is 0.209 bits per heavy atom. The fraction of sp³-hybridized carbons (Fsp3) is 0.200. The van der Waals surface area contributed by atoms with Crippen molar-refractivity contribution in [3.05, 3.63) is 300 Å². The normalized spacial score (nSPS) is 13.7. The van der Waals surface area contributed by atoms with E-state index < -0.39 is 536 Å². The summed E-state index contributed by atoms with van der Waals surface area (Å²) in [4.78, 5) is 0. The lowest BCUT2D eigenvalue weighted by molar-refractivity contribution is -0.144. The van der Waals surface area contributed by atoms with E-state index in [1.54, 1.807) is 0 Å². The molecule has 148 heavy (non-hydrogen) atoms. The van der Waals surface area contributed by atoms with E-state index in [2.05, 4.69) is 0 Å². The average Bonchev–Trinajstić information content (AvgIpc) is 0.739. The van der Waals surface area contributed by atoms with Crippen molar-refractivity contribution < 1.29 is 251 Å². The SMILES string of the molecule is FC(F)(F)c1cc(-c2ccc(OB(Oc3ccc(-c4cc(C(F)(F)F)cc(C(F)(F)F)c4)c(-c4cc(C(F)(F)F)cc(C(F)(F)F)c4)c3-c3cc(C(F)(F)F)cc(C(F)(F)F)c3)Oc3ccc(-c4cc(C(F)(F)F)cc(C(F)(F)F)c4)c(-c4cc(C(F)(F)F)cc(C(F)(F)F)c4)c3-c3cc(C(F)(F)F)cc(C(F)(F)F)c3)c(-c3cc(C(F)(F)F)cc(C(F)(F)F)c3)c2-c2cc(C(F)(F)F)cc(C(F)(F)F)c2)cc(C(F)(F)F)c1. The third-order valence-corrected chi connectivity index (χ3v) is 21.1. The molecule has 0 aliphatic rings. The molecular weight excluding hydrogens is 2170 g/mol. The summed E-state index contributed by atoms with van der Waals surface area (Å²) in [5.74, 6) is -7.98. The summed E-state index contributed by atoms with van der Waals surface area (Å²) in [6.07, 6.45) is -117. The van der Waals surface area contributed by atoms with Gasteiger partial charge in [-0.1, -0.05) is 18.2 Å². The van der Waals surface area contributed by atoms with Crippen molar-refractivity contribution in [1.29, 1.82) is 0 Å². The topological polar surface area (TPSA) is 27.7 Å². The molecule has 0 saturated carbocycles. The highest BCUT2D eigenvalue weighted by atomic mass is 19.5. The number of alkyl halides is 54. The third-order valence-electron chi connectivity index (χ3n) is 21.1. The van der Waals surface area contributed by atoms with Gasteiger partial charge < -0.3 is 14.0 Å². The maximum absolute atomic E-state index is 15.6. The van der Waals surface area contributed by atoms with Crippen molar-refractivity contribution in [2.45, 2.75) is 111 Å². The Balaban J connectivity index is 1.45. The van der Waals surface area contributed by atoms with Gasteiger partial charge in [-0.05, 0) is 249 Å². The number of hydrogen-bond donors (Lipinski definition) is 0.